The van der Waals surface area contributed by atoms with E-state index in [-0.39, 0.29) is 22.5 Å². The number of carboxylic acid groups (broad SMARTS) is 1. The molecule has 0 aliphatic rings. The molecule has 0 spiro atoms. The highest BCUT2D eigenvalue weighted by atomic mass is 32.2. The lowest BCUT2D eigenvalue weighted by molar-refractivity contribution is -0.142. The Hall–Kier alpha value is -1.89. The number of carboxylic acids is 1. The van der Waals surface area contributed by atoms with Gasteiger partial charge in [0.15, 0.2) is 9.84 Å². The minimum Gasteiger partial charge on any atom is -0.480 e. The van der Waals surface area contributed by atoms with E-state index in [1.165, 1.54) is 12.1 Å². The zero-order valence-corrected chi connectivity index (χ0v) is 16.0. The molecule has 2 N–H and O–H groups in total. The molecule has 1 unspecified atom stereocenters. The van der Waals surface area contributed by atoms with E-state index in [0.29, 0.717) is 18.4 Å². The van der Waals surface area contributed by atoms with Gasteiger partial charge in [0.05, 0.1) is 17.1 Å². The molecule has 0 radical (unpaired) electrons. The molecular formula is C18H27NO5S. The molecule has 1 aromatic carbocycles. The average Bonchev–Trinajstić information content (AvgIpc) is 2.50. The molecule has 1 aromatic rings. The number of carbonyl (C=O) groups is 2. The van der Waals surface area contributed by atoms with E-state index >= 15 is 0 Å². The predicted octanol–water partition coefficient (Wildman–Crippen LogP) is 2.42. The highest BCUT2D eigenvalue weighted by Gasteiger charge is 2.23. The van der Waals surface area contributed by atoms with Crippen molar-refractivity contribution < 1.29 is 23.1 Å². The standard InChI is InChI=1S/C18H27NO5S/c1-5-25(23,24)14-8-6-7-13(11-14)12-16(20)19-15(17(21)22)9-10-18(2,3)4/h6-8,11,15H,5,9-10,12H2,1-4H3,(H,19,20)(H,21,22). The summed E-state index contributed by atoms with van der Waals surface area (Å²) < 4.78 is 23.8. The number of carbonyl (C=O) groups excluding carboxylic acids is 1. The maximum atomic E-state index is 12.2. The first-order chi connectivity index (χ1) is 11.4. The summed E-state index contributed by atoms with van der Waals surface area (Å²) >= 11 is 0. The van der Waals surface area contributed by atoms with Gasteiger partial charge in [-0.25, -0.2) is 13.2 Å². The Morgan fingerprint density at radius 3 is 2.40 bits per heavy atom. The average molecular weight is 369 g/mol. The van der Waals surface area contributed by atoms with Crippen LogP contribution in [0.25, 0.3) is 0 Å². The van der Waals surface area contributed by atoms with Crippen LogP contribution in [-0.4, -0.2) is 37.2 Å². The van der Waals surface area contributed by atoms with Crippen molar-refractivity contribution in [3.8, 4) is 0 Å². The molecule has 7 heteroatoms. The summed E-state index contributed by atoms with van der Waals surface area (Å²) in [4.78, 5) is 23.7. The molecule has 25 heavy (non-hydrogen) atoms. The van der Waals surface area contributed by atoms with Crippen molar-refractivity contribution in [3.05, 3.63) is 29.8 Å². The van der Waals surface area contributed by atoms with E-state index in [4.69, 9.17) is 0 Å². The first-order valence-corrected chi connectivity index (χ1v) is 9.93. The second-order valence-corrected chi connectivity index (χ2v) is 9.56. The Bertz CT molecular complexity index is 719. The van der Waals surface area contributed by atoms with Crippen molar-refractivity contribution in [1.82, 2.24) is 5.32 Å². The molecule has 0 aromatic heterocycles. The van der Waals surface area contributed by atoms with Gasteiger partial charge in [-0.05, 0) is 36.0 Å². The lowest BCUT2D eigenvalue weighted by Gasteiger charge is -2.21. The van der Waals surface area contributed by atoms with Crippen LogP contribution in [0.1, 0.15) is 46.1 Å². The van der Waals surface area contributed by atoms with Gasteiger partial charge in [-0.1, -0.05) is 39.8 Å². The van der Waals surface area contributed by atoms with Crippen molar-refractivity contribution >= 4 is 21.7 Å². The number of aliphatic carboxylic acids is 1. The van der Waals surface area contributed by atoms with Crippen LogP contribution in [0.3, 0.4) is 0 Å². The van der Waals surface area contributed by atoms with Gasteiger partial charge in [0.1, 0.15) is 6.04 Å². The first-order valence-electron chi connectivity index (χ1n) is 8.28. The van der Waals surface area contributed by atoms with Crippen molar-refractivity contribution in [2.45, 2.75) is 57.9 Å². The van der Waals surface area contributed by atoms with E-state index in [2.05, 4.69) is 5.32 Å². The van der Waals surface area contributed by atoms with E-state index in [9.17, 15) is 23.1 Å². The Kier molecular flexibility index (Phi) is 7.17. The van der Waals surface area contributed by atoms with E-state index in [1.54, 1.807) is 19.1 Å². The number of benzene rings is 1. The monoisotopic (exact) mass is 369 g/mol. The Morgan fingerprint density at radius 2 is 1.88 bits per heavy atom. The SMILES string of the molecule is CCS(=O)(=O)c1cccc(CC(=O)NC(CCC(C)(C)C)C(=O)O)c1. The lowest BCUT2D eigenvalue weighted by atomic mass is 9.88. The number of nitrogens with one attached hydrogen (secondary N) is 1. The fourth-order valence-electron chi connectivity index (χ4n) is 2.28. The number of hydrogen-bond donors (Lipinski definition) is 2. The topological polar surface area (TPSA) is 101 Å². The van der Waals surface area contributed by atoms with Crippen molar-refractivity contribution in [1.29, 1.82) is 0 Å². The highest BCUT2D eigenvalue weighted by molar-refractivity contribution is 7.91. The molecule has 0 fully saturated rings. The molecular weight excluding hydrogens is 342 g/mol. The molecule has 0 heterocycles. The summed E-state index contributed by atoms with van der Waals surface area (Å²) in [5, 5.41) is 11.8. The van der Waals surface area contributed by atoms with Crippen LogP contribution in [0.4, 0.5) is 0 Å². The second kappa shape index (κ2) is 8.47. The highest BCUT2D eigenvalue weighted by Crippen LogP contribution is 2.21. The van der Waals surface area contributed by atoms with Crippen molar-refractivity contribution in [2.75, 3.05) is 5.75 Å². The van der Waals surface area contributed by atoms with Crippen LogP contribution in [0, 0.1) is 5.41 Å². The van der Waals surface area contributed by atoms with Gasteiger partial charge < -0.3 is 10.4 Å². The number of hydrogen-bond acceptors (Lipinski definition) is 4. The molecule has 0 saturated carbocycles. The second-order valence-electron chi connectivity index (χ2n) is 7.29. The van der Waals surface area contributed by atoms with Gasteiger partial charge in [0.25, 0.3) is 0 Å². The van der Waals surface area contributed by atoms with Crippen LogP contribution < -0.4 is 5.32 Å². The zero-order valence-electron chi connectivity index (χ0n) is 15.2. The third kappa shape index (κ3) is 7.25. The largest absolute Gasteiger partial charge is 0.480 e. The van der Waals surface area contributed by atoms with E-state index in [1.807, 2.05) is 20.8 Å². The number of rotatable bonds is 8. The molecule has 1 rings (SSSR count). The van der Waals surface area contributed by atoms with E-state index in [0.717, 1.165) is 0 Å². The number of amides is 1. The van der Waals surface area contributed by atoms with Crippen molar-refractivity contribution in [2.24, 2.45) is 5.41 Å². The summed E-state index contributed by atoms with van der Waals surface area (Å²) in [5.74, 6) is -1.52. The molecule has 140 valence electrons. The summed E-state index contributed by atoms with van der Waals surface area (Å²) in [7, 11) is -3.34. The van der Waals surface area contributed by atoms with Gasteiger partial charge in [0.2, 0.25) is 5.91 Å². The number of sulfone groups is 1. The fraction of sp³-hybridized carbons (Fsp3) is 0.556. The van der Waals surface area contributed by atoms with Gasteiger partial charge in [-0.2, -0.15) is 0 Å². The predicted molar refractivity (Wildman–Crippen MR) is 96.1 cm³/mol. The minimum atomic E-state index is -3.34. The fourth-order valence-corrected chi connectivity index (χ4v) is 3.23. The lowest BCUT2D eigenvalue weighted by Crippen LogP contribution is -2.42. The molecule has 0 aliphatic heterocycles. The van der Waals surface area contributed by atoms with Gasteiger partial charge in [-0.3, -0.25) is 4.79 Å². The molecule has 0 saturated heterocycles. The van der Waals surface area contributed by atoms with Crippen LogP contribution >= 0.6 is 0 Å². The van der Waals surface area contributed by atoms with Crippen molar-refractivity contribution in [3.63, 3.8) is 0 Å². The van der Waals surface area contributed by atoms with Gasteiger partial charge in [-0.15, -0.1) is 0 Å². The van der Waals surface area contributed by atoms with E-state index < -0.39 is 27.8 Å². The molecule has 1 amide bonds. The smallest absolute Gasteiger partial charge is 0.326 e. The third-order valence-electron chi connectivity index (χ3n) is 3.82. The maximum Gasteiger partial charge on any atom is 0.326 e. The van der Waals surface area contributed by atoms with Crippen LogP contribution in [0.2, 0.25) is 0 Å². The normalized spacial score (nSPS) is 13.3. The Balaban J connectivity index is 2.78. The molecule has 1 atom stereocenters. The summed E-state index contributed by atoms with van der Waals surface area (Å²) in [6.07, 6.45) is 0.940. The summed E-state index contributed by atoms with van der Waals surface area (Å²) in [6, 6.07) is 5.24. The summed E-state index contributed by atoms with van der Waals surface area (Å²) in [5.41, 5.74) is 0.508. The van der Waals surface area contributed by atoms with Crippen LogP contribution in [0.15, 0.2) is 29.2 Å². The van der Waals surface area contributed by atoms with Gasteiger partial charge >= 0.3 is 5.97 Å². The molecule has 6 nitrogen and oxygen atoms in total. The summed E-state index contributed by atoms with van der Waals surface area (Å²) in [6.45, 7) is 7.58. The van der Waals surface area contributed by atoms with Crippen LogP contribution in [-0.2, 0) is 25.8 Å². The molecule has 0 aliphatic carbocycles. The maximum absolute atomic E-state index is 12.2. The van der Waals surface area contributed by atoms with Gasteiger partial charge in [0, 0.05) is 0 Å². The quantitative estimate of drug-likeness (QED) is 0.733. The minimum absolute atomic E-state index is 0.0173. The Morgan fingerprint density at radius 1 is 1.24 bits per heavy atom. The molecule has 0 bridgehead atoms. The third-order valence-corrected chi connectivity index (χ3v) is 5.55. The van der Waals surface area contributed by atoms with Crippen LogP contribution in [0.5, 0.6) is 0 Å². The zero-order chi connectivity index (χ0) is 19.3. The first kappa shape index (κ1) is 21.2. The Labute approximate surface area is 149 Å².